The lowest BCUT2D eigenvalue weighted by molar-refractivity contribution is -0.117. The monoisotopic (exact) mass is 505 g/mol. The Morgan fingerprint density at radius 2 is 1.76 bits per heavy atom. The predicted molar refractivity (Wildman–Crippen MR) is 151 cm³/mol. The maximum atomic E-state index is 13.3. The number of amides is 2. The topological polar surface area (TPSA) is 91.8 Å². The number of hydrogen-bond donors (Lipinski definition) is 3. The quantitative estimate of drug-likeness (QED) is 0.263. The highest BCUT2D eigenvalue weighted by atomic mass is 16.2. The Labute approximate surface area is 221 Å². The van der Waals surface area contributed by atoms with Crippen LogP contribution in [0, 0.1) is 12.8 Å². The lowest BCUT2D eigenvalue weighted by Crippen LogP contribution is -2.34. The molecule has 0 spiro atoms. The molecule has 3 aromatic carbocycles. The molecular weight excluding hydrogens is 474 g/mol. The third kappa shape index (κ3) is 4.67. The van der Waals surface area contributed by atoms with E-state index in [1.54, 1.807) is 0 Å². The van der Waals surface area contributed by atoms with E-state index in [2.05, 4.69) is 70.2 Å². The van der Waals surface area contributed by atoms with E-state index < -0.39 is 0 Å². The van der Waals surface area contributed by atoms with Crippen LogP contribution in [0.1, 0.15) is 41.3 Å². The summed E-state index contributed by atoms with van der Waals surface area (Å²) in [5.74, 6) is 0.653. The molecule has 0 unspecified atom stereocenters. The maximum absolute atomic E-state index is 13.3. The SMILES string of the molecule is Cc1ccc(C[C@H](C)NC(=O)c2cn(C)c3ccc(-c4ccc5c(NC(=O)C6CC6)n[nH]c5c4)cc23)cc1. The lowest BCUT2D eigenvalue weighted by Gasteiger charge is -2.14. The van der Waals surface area contributed by atoms with Gasteiger partial charge in [0.05, 0.1) is 11.1 Å². The van der Waals surface area contributed by atoms with Crippen LogP contribution in [0.5, 0.6) is 0 Å². The highest BCUT2D eigenvalue weighted by Gasteiger charge is 2.30. The fourth-order valence-electron chi connectivity index (χ4n) is 5.04. The first-order valence-electron chi connectivity index (χ1n) is 13.1. The standard InChI is InChI=1S/C31H31N5O2/c1-18-4-6-20(7-5-18)14-19(2)32-31(38)26-17-36(3)28-13-11-22(15-25(26)28)23-10-12-24-27(16-23)34-35-29(24)33-30(37)21-8-9-21/h4-7,10-13,15-17,19,21H,8-9,14H2,1-3H3,(H,32,38)(H2,33,34,35,37)/t19-/m0/s1. The summed E-state index contributed by atoms with van der Waals surface area (Å²) in [6.07, 6.45) is 4.57. The number of hydrogen-bond acceptors (Lipinski definition) is 3. The van der Waals surface area contributed by atoms with E-state index in [9.17, 15) is 9.59 Å². The molecule has 1 atom stereocenters. The average Bonchev–Trinajstić information content (AvgIpc) is 3.62. The van der Waals surface area contributed by atoms with Crippen LogP contribution in [0.15, 0.2) is 66.9 Å². The summed E-state index contributed by atoms with van der Waals surface area (Å²) in [5.41, 5.74) is 6.95. The van der Waals surface area contributed by atoms with Gasteiger partial charge in [-0.05, 0) is 74.1 Å². The van der Waals surface area contributed by atoms with Gasteiger partial charge in [-0.25, -0.2) is 0 Å². The molecule has 0 saturated heterocycles. The Kier molecular flexibility index (Phi) is 5.98. The maximum Gasteiger partial charge on any atom is 0.253 e. The normalized spacial score (nSPS) is 14.1. The fraction of sp³-hybridized carbons (Fsp3) is 0.258. The molecule has 1 fully saturated rings. The summed E-state index contributed by atoms with van der Waals surface area (Å²) in [7, 11) is 1.96. The fourth-order valence-corrected chi connectivity index (χ4v) is 5.04. The van der Waals surface area contributed by atoms with E-state index in [0.29, 0.717) is 11.4 Å². The van der Waals surface area contributed by atoms with Crippen molar-refractivity contribution in [1.82, 2.24) is 20.1 Å². The highest BCUT2D eigenvalue weighted by Crippen LogP contribution is 2.33. The number of rotatable bonds is 7. The number of benzene rings is 3. The molecule has 2 heterocycles. The van der Waals surface area contributed by atoms with Gasteiger partial charge < -0.3 is 15.2 Å². The molecule has 0 radical (unpaired) electrons. The molecule has 7 heteroatoms. The highest BCUT2D eigenvalue weighted by molar-refractivity contribution is 6.08. The van der Waals surface area contributed by atoms with Gasteiger partial charge in [-0.15, -0.1) is 0 Å². The zero-order chi connectivity index (χ0) is 26.4. The van der Waals surface area contributed by atoms with Crippen molar-refractivity contribution in [3.63, 3.8) is 0 Å². The van der Waals surface area contributed by atoms with Crippen molar-refractivity contribution >= 4 is 39.4 Å². The Morgan fingerprint density at radius 3 is 2.53 bits per heavy atom. The van der Waals surface area contributed by atoms with Crippen LogP contribution >= 0.6 is 0 Å². The van der Waals surface area contributed by atoms with Gasteiger partial charge in [0.2, 0.25) is 5.91 Å². The van der Waals surface area contributed by atoms with Crippen LogP contribution in [0.4, 0.5) is 5.82 Å². The van der Waals surface area contributed by atoms with E-state index in [1.165, 1.54) is 11.1 Å². The number of H-pyrrole nitrogens is 1. The van der Waals surface area contributed by atoms with Gasteiger partial charge in [0.15, 0.2) is 5.82 Å². The van der Waals surface area contributed by atoms with Crippen molar-refractivity contribution in [3.05, 3.63) is 83.6 Å². The van der Waals surface area contributed by atoms with Gasteiger partial charge >= 0.3 is 0 Å². The van der Waals surface area contributed by atoms with Crippen molar-refractivity contribution in [2.24, 2.45) is 13.0 Å². The van der Waals surface area contributed by atoms with Crippen LogP contribution in [0.2, 0.25) is 0 Å². The molecule has 0 aliphatic heterocycles. The summed E-state index contributed by atoms with van der Waals surface area (Å²) in [4.78, 5) is 25.5. The lowest BCUT2D eigenvalue weighted by atomic mass is 10.0. The Hall–Kier alpha value is -4.39. The first-order chi connectivity index (χ1) is 18.4. The van der Waals surface area contributed by atoms with Gasteiger partial charge in [0.25, 0.3) is 5.91 Å². The van der Waals surface area contributed by atoms with Gasteiger partial charge in [-0.2, -0.15) is 5.10 Å². The molecule has 7 nitrogen and oxygen atoms in total. The minimum Gasteiger partial charge on any atom is -0.350 e. The van der Waals surface area contributed by atoms with E-state index in [0.717, 1.165) is 52.2 Å². The molecule has 192 valence electrons. The van der Waals surface area contributed by atoms with E-state index in [4.69, 9.17) is 0 Å². The molecule has 0 bridgehead atoms. The van der Waals surface area contributed by atoms with E-state index >= 15 is 0 Å². The van der Waals surface area contributed by atoms with E-state index in [-0.39, 0.29) is 23.8 Å². The Bertz CT molecular complexity index is 1670. The number of aromatic amines is 1. The molecule has 5 aromatic rings. The van der Waals surface area contributed by atoms with Crippen molar-refractivity contribution in [2.45, 2.75) is 39.2 Å². The van der Waals surface area contributed by atoms with Crippen molar-refractivity contribution in [3.8, 4) is 11.1 Å². The average molecular weight is 506 g/mol. The van der Waals surface area contributed by atoms with Crippen LogP contribution in [-0.4, -0.2) is 32.6 Å². The van der Waals surface area contributed by atoms with Crippen LogP contribution in [0.3, 0.4) is 0 Å². The summed E-state index contributed by atoms with van der Waals surface area (Å²) in [6.45, 7) is 4.11. The Morgan fingerprint density at radius 1 is 1.03 bits per heavy atom. The van der Waals surface area contributed by atoms with Crippen molar-refractivity contribution in [1.29, 1.82) is 0 Å². The number of aryl methyl sites for hydroxylation is 2. The summed E-state index contributed by atoms with van der Waals surface area (Å²) < 4.78 is 1.99. The number of aromatic nitrogens is 3. The van der Waals surface area contributed by atoms with Crippen molar-refractivity contribution < 1.29 is 9.59 Å². The zero-order valence-corrected chi connectivity index (χ0v) is 21.8. The van der Waals surface area contributed by atoms with Crippen LogP contribution < -0.4 is 10.6 Å². The van der Waals surface area contributed by atoms with E-state index in [1.807, 2.05) is 42.9 Å². The summed E-state index contributed by atoms with van der Waals surface area (Å²) in [5, 5.41) is 15.3. The molecule has 6 rings (SSSR count). The number of fused-ring (bicyclic) bond motifs is 2. The molecule has 2 aromatic heterocycles. The number of anilines is 1. The second kappa shape index (κ2) is 9.49. The number of nitrogens with one attached hydrogen (secondary N) is 3. The second-order valence-electron chi connectivity index (χ2n) is 10.5. The first-order valence-corrected chi connectivity index (χ1v) is 13.1. The zero-order valence-electron chi connectivity index (χ0n) is 21.8. The molecule has 1 aliphatic carbocycles. The largest absolute Gasteiger partial charge is 0.350 e. The predicted octanol–water partition coefficient (Wildman–Crippen LogP) is 5.74. The number of nitrogens with zero attached hydrogens (tertiary/aromatic N) is 2. The van der Waals surface area contributed by atoms with Crippen molar-refractivity contribution in [2.75, 3.05) is 5.32 Å². The van der Waals surface area contributed by atoms with Gasteiger partial charge in [0.1, 0.15) is 0 Å². The summed E-state index contributed by atoms with van der Waals surface area (Å²) in [6, 6.07) is 20.7. The second-order valence-corrected chi connectivity index (χ2v) is 10.5. The number of carbonyl (C=O) groups excluding carboxylic acids is 2. The van der Waals surface area contributed by atoms with Crippen LogP contribution in [0.25, 0.3) is 32.9 Å². The molecular formula is C31H31N5O2. The van der Waals surface area contributed by atoms with Gasteiger partial charge in [0, 0.05) is 41.5 Å². The minimum atomic E-state index is -0.0765. The molecule has 2 amide bonds. The molecule has 3 N–H and O–H groups in total. The molecule has 1 aliphatic rings. The molecule has 38 heavy (non-hydrogen) atoms. The Balaban J connectivity index is 1.25. The third-order valence-electron chi connectivity index (χ3n) is 7.36. The summed E-state index contributed by atoms with van der Waals surface area (Å²) >= 11 is 0. The smallest absolute Gasteiger partial charge is 0.253 e. The van der Waals surface area contributed by atoms with Crippen LogP contribution in [-0.2, 0) is 18.3 Å². The first kappa shape index (κ1) is 24.0. The minimum absolute atomic E-state index is 0.000955. The molecule has 1 saturated carbocycles. The van der Waals surface area contributed by atoms with Gasteiger partial charge in [-0.3, -0.25) is 14.7 Å². The third-order valence-corrected chi connectivity index (χ3v) is 7.36. The van der Waals surface area contributed by atoms with Gasteiger partial charge in [-0.1, -0.05) is 42.0 Å². The number of carbonyl (C=O) groups is 2.